The molecule has 1 rings (SSSR count). The van der Waals surface area contributed by atoms with Gasteiger partial charge < -0.3 is 20.1 Å². The zero-order valence-electron chi connectivity index (χ0n) is 11.8. The van der Waals surface area contributed by atoms with Gasteiger partial charge in [0.2, 0.25) is 0 Å². The van der Waals surface area contributed by atoms with E-state index < -0.39 is 18.2 Å². The fourth-order valence-corrected chi connectivity index (χ4v) is 2.44. The summed E-state index contributed by atoms with van der Waals surface area (Å²) in [5.41, 5.74) is -0.0104. The van der Waals surface area contributed by atoms with Crippen LogP contribution in [0.25, 0.3) is 0 Å². The van der Waals surface area contributed by atoms with Crippen LogP contribution in [-0.4, -0.2) is 45.4 Å². The molecule has 0 saturated heterocycles. The third kappa shape index (κ3) is 5.04. The van der Waals surface area contributed by atoms with Gasteiger partial charge in [0.05, 0.1) is 18.8 Å². The normalized spacial score (nSPS) is 13.5. The Balaban J connectivity index is 2.90. The van der Waals surface area contributed by atoms with E-state index in [9.17, 15) is 19.8 Å². The Hall–Kier alpha value is -1.57. The molecule has 0 amide bonds. The quantitative estimate of drug-likeness (QED) is 0.700. The van der Waals surface area contributed by atoms with E-state index in [2.05, 4.69) is 0 Å². The molecular weight excluding hydrogens is 296 g/mol. The molecule has 3 N–H and O–H groups in total. The molecule has 7 heteroatoms. The lowest BCUT2D eigenvalue weighted by molar-refractivity contribution is -0.109. The molecule has 0 aliphatic rings. The first-order valence-corrected chi connectivity index (χ1v) is 7.26. The van der Waals surface area contributed by atoms with Gasteiger partial charge in [-0.25, -0.2) is 4.79 Å². The van der Waals surface area contributed by atoms with Crippen LogP contribution in [0.15, 0.2) is 18.2 Å². The van der Waals surface area contributed by atoms with Crippen molar-refractivity contribution >= 4 is 22.8 Å². The molecule has 0 spiro atoms. The molecule has 116 valence electrons. The van der Waals surface area contributed by atoms with Crippen LogP contribution in [0.1, 0.15) is 35.4 Å². The van der Waals surface area contributed by atoms with Gasteiger partial charge in [-0.2, -0.15) is 0 Å². The summed E-state index contributed by atoms with van der Waals surface area (Å²) in [6, 6.07) is 4.17. The number of ether oxygens (including phenoxy) is 1. The standard InChI is InChI=1S/C14H18O6S/c1-8(15)21-6-5-12(16)13(17)11-7-9(20-2)3-4-10(11)14(18)19/h3-4,7,12-13,16-17H,5-6H2,1-2H3,(H,18,19). The minimum atomic E-state index is -1.36. The Morgan fingerprint density at radius 2 is 2.00 bits per heavy atom. The van der Waals surface area contributed by atoms with Crippen molar-refractivity contribution < 1.29 is 29.6 Å². The fraction of sp³-hybridized carbons (Fsp3) is 0.429. The molecule has 0 heterocycles. The number of methoxy groups -OCH3 is 1. The van der Waals surface area contributed by atoms with E-state index in [1.807, 2.05) is 0 Å². The number of benzene rings is 1. The topological polar surface area (TPSA) is 104 Å². The van der Waals surface area contributed by atoms with E-state index in [1.165, 1.54) is 32.2 Å². The molecule has 1 aromatic rings. The maximum atomic E-state index is 11.2. The molecule has 0 aromatic heterocycles. The first-order chi connectivity index (χ1) is 9.86. The lowest BCUT2D eigenvalue weighted by Crippen LogP contribution is -2.21. The number of hydrogen-bond donors (Lipinski definition) is 3. The van der Waals surface area contributed by atoms with Crippen LogP contribution in [-0.2, 0) is 4.79 Å². The zero-order chi connectivity index (χ0) is 16.0. The second-order valence-electron chi connectivity index (χ2n) is 4.40. The first-order valence-electron chi connectivity index (χ1n) is 6.27. The molecule has 0 aliphatic carbocycles. The molecule has 0 aliphatic heterocycles. The molecule has 0 bridgehead atoms. The predicted molar refractivity (Wildman–Crippen MR) is 78.7 cm³/mol. The van der Waals surface area contributed by atoms with Crippen LogP contribution in [0.4, 0.5) is 0 Å². The van der Waals surface area contributed by atoms with Crippen molar-refractivity contribution in [2.45, 2.75) is 25.6 Å². The highest BCUT2D eigenvalue weighted by Crippen LogP contribution is 2.27. The number of rotatable bonds is 7. The number of carbonyl (C=O) groups excluding carboxylic acids is 1. The Morgan fingerprint density at radius 3 is 2.52 bits per heavy atom. The molecule has 2 unspecified atom stereocenters. The van der Waals surface area contributed by atoms with Crippen LogP contribution in [0, 0.1) is 0 Å². The van der Waals surface area contributed by atoms with Crippen LogP contribution in [0.2, 0.25) is 0 Å². The van der Waals surface area contributed by atoms with Gasteiger partial charge in [0, 0.05) is 18.2 Å². The Labute approximate surface area is 126 Å². The van der Waals surface area contributed by atoms with E-state index in [0.29, 0.717) is 11.5 Å². The number of carboxylic acids is 1. The third-order valence-electron chi connectivity index (χ3n) is 2.89. The van der Waals surface area contributed by atoms with Crippen molar-refractivity contribution in [2.75, 3.05) is 12.9 Å². The van der Waals surface area contributed by atoms with Crippen molar-refractivity contribution in [1.82, 2.24) is 0 Å². The smallest absolute Gasteiger partial charge is 0.336 e. The molecule has 21 heavy (non-hydrogen) atoms. The van der Waals surface area contributed by atoms with Crippen LogP contribution < -0.4 is 4.74 Å². The van der Waals surface area contributed by atoms with Crippen LogP contribution in [0.5, 0.6) is 5.75 Å². The third-order valence-corrected chi connectivity index (χ3v) is 3.74. The average molecular weight is 314 g/mol. The summed E-state index contributed by atoms with van der Waals surface area (Å²) in [7, 11) is 1.42. The number of aromatic carboxylic acids is 1. The van der Waals surface area contributed by atoms with E-state index >= 15 is 0 Å². The van der Waals surface area contributed by atoms with E-state index in [4.69, 9.17) is 9.84 Å². The minimum Gasteiger partial charge on any atom is -0.497 e. The maximum absolute atomic E-state index is 11.2. The van der Waals surface area contributed by atoms with Gasteiger partial charge in [0.25, 0.3) is 0 Å². The van der Waals surface area contributed by atoms with Crippen LogP contribution in [0.3, 0.4) is 0 Å². The van der Waals surface area contributed by atoms with Gasteiger partial charge in [-0.15, -0.1) is 0 Å². The predicted octanol–water partition coefficient (Wildman–Crippen LogP) is 1.46. The number of aliphatic hydroxyl groups is 2. The van der Waals surface area contributed by atoms with Gasteiger partial charge in [-0.1, -0.05) is 11.8 Å². The number of aliphatic hydroxyl groups excluding tert-OH is 2. The average Bonchev–Trinajstić information content (AvgIpc) is 2.45. The first kappa shape index (κ1) is 17.5. The highest BCUT2D eigenvalue weighted by molar-refractivity contribution is 8.13. The van der Waals surface area contributed by atoms with E-state index in [1.54, 1.807) is 0 Å². The summed E-state index contributed by atoms with van der Waals surface area (Å²) >= 11 is 1.04. The lowest BCUT2D eigenvalue weighted by atomic mass is 9.97. The molecular formula is C14H18O6S. The highest BCUT2D eigenvalue weighted by atomic mass is 32.2. The largest absolute Gasteiger partial charge is 0.497 e. The summed E-state index contributed by atoms with van der Waals surface area (Å²) in [6.07, 6.45) is -2.36. The second-order valence-corrected chi connectivity index (χ2v) is 5.67. The molecule has 1 aromatic carbocycles. The summed E-state index contributed by atoms with van der Waals surface area (Å²) in [4.78, 5) is 22.0. The van der Waals surface area contributed by atoms with Crippen molar-refractivity contribution in [2.24, 2.45) is 0 Å². The Morgan fingerprint density at radius 1 is 1.33 bits per heavy atom. The maximum Gasteiger partial charge on any atom is 0.336 e. The van der Waals surface area contributed by atoms with Gasteiger partial charge in [0.15, 0.2) is 5.12 Å². The van der Waals surface area contributed by atoms with Crippen LogP contribution >= 0.6 is 11.8 Å². The molecule has 2 atom stereocenters. The number of hydrogen-bond acceptors (Lipinski definition) is 6. The SMILES string of the molecule is COc1ccc(C(=O)O)c(C(O)C(O)CCSC(C)=O)c1. The highest BCUT2D eigenvalue weighted by Gasteiger charge is 2.24. The number of carbonyl (C=O) groups is 2. The second kappa shape index (κ2) is 8.02. The van der Waals surface area contributed by atoms with Gasteiger partial charge in [0.1, 0.15) is 11.9 Å². The zero-order valence-corrected chi connectivity index (χ0v) is 12.6. The lowest BCUT2D eigenvalue weighted by Gasteiger charge is -2.20. The van der Waals surface area contributed by atoms with Gasteiger partial charge in [-0.3, -0.25) is 4.79 Å². The molecule has 6 nitrogen and oxygen atoms in total. The van der Waals surface area contributed by atoms with E-state index in [-0.39, 0.29) is 22.7 Å². The van der Waals surface area contributed by atoms with Gasteiger partial charge in [-0.05, 0) is 24.6 Å². The number of thioether (sulfide) groups is 1. The molecule has 0 fully saturated rings. The fourth-order valence-electron chi connectivity index (χ4n) is 1.80. The summed E-state index contributed by atoms with van der Waals surface area (Å²) in [5, 5.41) is 29.1. The summed E-state index contributed by atoms with van der Waals surface area (Å²) in [5.74, 6) is -0.462. The van der Waals surface area contributed by atoms with Crippen molar-refractivity contribution in [3.8, 4) is 5.75 Å². The number of carboxylic acid groups (broad SMARTS) is 1. The summed E-state index contributed by atoms with van der Waals surface area (Å²) in [6.45, 7) is 1.41. The molecule has 0 saturated carbocycles. The van der Waals surface area contributed by atoms with E-state index in [0.717, 1.165) is 11.8 Å². The van der Waals surface area contributed by atoms with Gasteiger partial charge >= 0.3 is 5.97 Å². The minimum absolute atomic E-state index is 0.0794. The summed E-state index contributed by atoms with van der Waals surface area (Å²) < 4.78 is 5.00. The van der Waals surface area contributed by atoms with Crippen molar-refractivity contribution in [3.63, 3.8) is 0 Å². The van der Waals surface area contributed by atoms with Crippen molar-refractivity contribution in [3.05, 3.63) is 29.3 Å². The Bertz CT molecular complexity index is 516. The monoisotopic (exact) mass is 314 g/mol. The Kier molecular flexibility index (Phi) is 6.67. The van der Waals surface area contributed by atoms with Crippen molar-refractivity contribution in [1.29, 1.82) is 0 Å². The molecule has 0 radical (unpaired) electrons.